The maximum absolute atomic E-state index is 12.2. The Bertz CT molecular complexity index is 709. The highest BCUT2D eigenvalue weighted by Crippen LogP contribution is 2.64. The summed E-state index contributed by atoms with van der Waals surface area (Å²) in [6.07, 6.45) is 5.08. The summed E-state index contributed by atoms with van der Waals surface area (Å²) in [4.78, 5) is 23.6. The fraction of sp³-hybridized carbons (Fsp3) is 0.700. The van der Waals surface area contributed by atoms with E-state index in [4.69, 9.17) is 9.47 Å². The Kier molecular flexibility index (Phi) is 4.04. The fourth-order valence-corrected chi connectivity index (χ4v) is 5.70. The molecule has 2 fully saturated rings. The van der Waals surface area contributed by atoms with Crippen LogP contribution in [0.4, 0.5) is 0 Å². The SMILES string of the molecule is C[C@@H]1CC[C@]23COC(=O)C2=C[C@H](O)C[C@@H]3[C@@]1(C)CCC1=CC(=O)O[C@@H]1O. The summed E-state index contributed by atoms with van der Waals surface area (Å²) < 4.78 is 10.2. The van der Waals surface area contributed by atoms with E-state index in [-0.39, 0.29) is 22.7 Å². The van der Waals surface area contributed by atoms with Crippen LogP contribution in [-0.4, -0.2) is 41.2 Å². The minimum Gasteiger partial charge on any atom is -0.461 e. The van der Waals surface area contributed by atoms with Crippen molar-refractivity contribution in [3.05, 3.63) is 23.3 Å². The normalized spacial score (nSPS) is 44.6. The smallest absolute Gasteiger partial charge is 0.334 e. The highest BCUT2D eigenvalue weighted by Gasteiger charge is 2.61. The minimum atomic E-state index is -1.15. The molecule has 6 atom stereocenters. The van der Waals surface area contributed by atoms with Crippen molar-refractivity contribution in [1.82, 2.24) is 0 Å². The van der Waals surface area contributed by atoms with E-state index in [9.17, 15) is 19.8 Å². The Labute approximate surface area is 152 Å². The average Bonchev–Trinajstić information content (AvgIpc) is 3.09. The number of esters is 2. The second kappa shape index (κ2) is 5.92. The van der Waals surface area contributed by atoms with Crippen molar-refractivity contribution in [3.63, 3.8) is 0 Å². The summed E-state index contributed by atoms with van der Waals surface area (Å²) in [6.45, 7) is 4.83. The van der Waals surface area contributed by atoms with Gasteiger partial charge >= 0.3 is 11.9 Å². The first-order valence-electron chi connectivity index (χ1n) is 9.43. The van der Waals surface area contributed by atoms with Gasteiger partial charge in [-0.25, -0.2) is 9.59 Å². The number of carbonyl (C=O) groups is 2. The van der Waals surface area contributed by atoms with Crippen LogP contribution >= 0.6 is 0 Å². The van der Waals surface area contributed by atoms with E-state index < -0.39 is 18.4 Å². The molecule has 0 aromatic heterocycles. The Morgan fingerprint density at radius 1 is 1.31 bits per heavy atom. The van der Waals surface area contributed by atoms with Gasteiger partial charge in [0.2, 0.25) is 6.29 Å². The maximum Gasteiger partial charge on any atom is 0.334 e. The number of hydrogen-bond donors (Lipinski definition) is 2. The summed E-state index contributed by atoms with van der Waals surface area (Å²) in [7, 11) is 0. The highest BCUT2D eigenvalue weighted by molar-refractivity contribution is 5.93. The van der Waals surface area contributed by atoms with E-state index in [1.807, 2.05) is 0 Å². The van der Waals surface area contributed by atoms with E-state index >= 15 is 0 Å². The van der Waals surface area contributed by atoms with Crippen LogP contribution in [0.15, 0.2) is 23.3 Å². The zero-order chi connectivity index (χ0) is 18.7. The van der Waals surface area contributed by atoms with Crippen LogP contribution in [-0.2, 0) is 19.1 Å². The first-order chi connectivity index (χ1) is 12.3. The highest BCUT2D eigenvalue weighted by atomic mass is 16.6. The van der Waals surface area contributed by atoms with Crippen LogP contribution in [0.5, 0.6) is 0 Å². The number of rotatable bonds is 3. The molecule has 0 bridgehead atoms. The summed E-state index contributed by atoms with van der Waals surface area (Å²) in [5.74, 6) is -0.274. The Balaban J connectivity index is 1.64. The van der Waals surface area contributed by atoms with Gasteiger partial charge in [-0.15, -0.1) is 0 Å². The van der Waals surface area contributed by atoms with Crippen molar-refractivity contribution in [3.8, 4) is 0 Å². The van der Waals surface area contributed by atoms with Crippen molar-refractivity contribution in [2.45, 2.75) is 58.3 Å². The van der Waals surface area contributed by atoms with Crippen LogP contribution in [0.25, 0.3) is 0 Å². The molecule has 0 aromatic rings. The van der Waals surface area contributed by atoms with Crippen LogP contribution in [0.3, 0.4) is 0 Å². The van der Waals surface area contributed by atoms with Crippen molar-refractivity contribution in [2.24, 2.45) is 22.7 Å². The average molecular weight is 362 g/mol. The molecule has 1 saturated heterocycles. The Hall–Kier alpha value is -1.66. The van der Waals surface area contributed by atoms with Gasteiger partial charge in [0, 0.05) is 22.6 Å². The third-order valence-corrected chi connectivity index (χ3v) is 7.47. The predicted molar refractivity (Wildman–Crippen MR) is 91.5 cm³/mol. The lowest BCUT2D eigenvalue weighted by Gasteiger charge is -2.57. The molecular formula is C20H26O6. The second-order valence-electron chi connectivity index (χ2n) is 8.62. The van der Waals surface area contributed by atoms with Crippen LogP contribution in [0.2, 0.25) is 0 Å². The monoisotopic (exact) mass is 362 g/mol. The molecule has 2 aliphatic heterocycles. The van der Waals surface area contributed by atoms with Crippen LogP contribution < -0.4 is 0 Å². The molecule has 4 aliphatic rings. The predicted octanol–water partition coefficient (Wildman–Crippen LogP) is 1.85. The molecule has 0 aromatic carbocycles. The first kappa shape index (κ1) is 17.7. The van der Waals surface area contributed by atoms with Gasteiger partial charge in [0.1, 0.15) is 6.61 Å². The molecule has 2 aliphatic carbocycles. The molecule has 2 N–H and O–H groups in total. The number of aliphatic hydroxyl groups is 2. The Morgan fingerprint density at radius 3 is 2.77 bits per heavy atom. The van der Waals surface area contributed by atoms with Crippen molar-refractivity contribution < 1.29 is 29.3 Å². The molecule has 26 heavy (non-hydrogen) atoms. The molecule has 4 rings (SSSR count). The van der Waals surface area contributed by atoms with Gasteiger partial charge in [-0.3, -0.25) is 0 Å². The van der Waals surface area contributed by atoms with Gasteiger partial charge in [-0.05, 0) is 55.4 Å². The number of hydrogen-bond acceptors (Lipinski definition) is 6. The van der Waals surface area contributed by atoms with E-state index in [2.05, 4.69) is 13.8 Å². The number of aliphatic hydroxyl groups excluding tert-OH is 2. The third-order valence-electron chi connectivity index (χ3n) is 7.47. The van der Waals surface area contributed by atoms with Crippen molar-refractivity contribution >= 4 is 11.9 Å². The first-order valence-corrected chi connectivity index (χ1v) is 9.43. The lowest BCUT2D eigenvalue weighted by Crippen LogP contribution is -2.53. The zero-order valence-electron chi connectivity index (χ0n) is 15.2. The zero-order valence-corrected chi connectivity index (χ0v) is 15.2. The molecule has 142 valence electrons. The molecule has 0 unspecified atom stereocenters. The summed E-state index contributed by atoms with van der Waals surface area (Å²) in [5.41, 5.74) is 0.804. The molecule has 0 radical (unpaired) electrons. The number of carbonyl (C=O) groups excluding carboxylic acids is 2. The fourth-order valence-electron chi connectivity index (χ4n) is 5.70. The van der Waals surface area contributed by atoms with Gasteiger partial charge in [0.05, 0.1) is 6.10 Å². The number of cyclic esters (lactones) is 2. The lowest BCUT2D eigenvalue weighted by molar-refractivity contribution is -0.151. The molecule has 2 heterocycles. The van der Waals surface area contributed by atoms with Crippen LogP contribution in [0, 0.1) is 22.7 Å². The summed E-state index contributed by atoms with van der Waals surface area (Å²) in [6, 6.07) is 0. The Morgan fingerprint density at radius 2 is 2.08 bits per heavy atom. The summed E-state index contributed by atoms with van der Waals surface area (Å²) >= 11 is 0. The van der Waals surface area contributed by atoms with E-state index in [1.54, 1.807) is 6.08 Å². The third kappa shape index (κ3) is 2.46. The largest absolute Gasteiger partial charge is 0.461 e. The molecule has 6 nitrogen and oxygen atoms in total. The topological polar surface area (TPSA) is 93.1 Å². The van der Waals surface area contributed by atoms with Gasteiger partial charge in [0.15, 0.2) is 0 Å². The van der Waals surface area contributed by atoms with Crippen molar-refractivity contribution in [1.29, 1.82) is 0 Å². The summed E-state index contributed by atoms with van der Waals surface area (Å²) in [5, 5.41) is 20.3. The molecule has 0 amide bonds. The standard InChI is InChI=1S/C20H26O6/c1-11-3-6-20-10-25-18(24)14(20)8-13(21)9-15(20)19(11,2)5-4-12-7-16(22)26-17(12)23/h7-8,11,13,15,17,21,23H,3-6,9-10H2,1-2H3/t11-,13+,15-,17+,19+,20+/m1/s1. The van der Waals surface area contributed by atoms with E-state index in [0.29, 0.717) is 36.5 Å². The van der Waals surface area contributed by atoms with Gasteiger partial charge in [-0.1, -0.05) is 13.8 Å². The second-order valence-corrected chi connectivity index (χ2v) is 8.62. The lowest BCUT2D eigenvalue weighted by atomic mass is 9.46. The van der Waals surface area contributed by atoms with Gasteiger partial charge < -0.3 is 19.7 Å². The quantitative estimate of drug-likeness (QED) is 0.745. The minimum absolute atomic E-state index is 0.121. The van der Waals surface area contributed by atoms with Gasteiger partial charge in [0.25, 0.3) is 0 Å². The van der Waals surface area contributed by atoms with Gasteiger partial charge in [-0.2, -0.15) is 0 Å². The van der Waals surface area contributed by atoms with Crippen LogP contribution in [0.1, 0.15) is 46.0 Å². The molecule has 6 heteroatoms. The molecule has 1 spiro atoms. The van der Waals surface area contributed by atoms with E-state index in [1.165, 1.54) is 6.08 Å². The molecular weight excluding hydrogens is 336 g/mol. The molecule has 1 saturated carbocycles. The maximum atomic E-state index is 12.2. The number of ether oxygens (including phenoxy) is 2. The van der Waals surface area contributed by atoms with Crippen molar-refractivity contribution in [2.75, 3.05) is 6.61 Å². The van der Waals surface area contributed by atoms with E-state index in [0.717, 1.165) is 19.3 Å².